The molecule has 3 aromatic carbocycles. The second-order valence-corrected chi connectivity index (χ2v) is 9.53. The van der Waals surface area contributed by atoms with Gasteiger partial charge in [-0.3, -0.25) is 10.1 Å². The maximum Gasteiger partial charge on any atom is 0.411 e. The minimum Gasteiger partial charge on any atom is -0.480 e. The first-order chi connectivity index (χ1) is 16.8. The van der Waals surface area contributed by atoms with Crippen LogP contribution < -0.4 is 10.6 Å². The van der Waals surface area contributed by atoms with E-state index in [0.717, 1.165) is 22.3 Å². The van der Waals surface area contributed by atoms with Gasteiger partial charge >= 0.3 is 12.1 Å². The van der Waals surface area contributed by atoms with Crippen LogP contribution in [0.1, 0.15) is 41.3 Å². The summed E-state index contributed by atoms with van der Waals surface area (Å²) in [6.07, 6.45) is -0.647. The summed E-state index contributed by atoms with van der Waals surface area (Å²) in [5, 5.41) is 14.5. The number of carboxylic acid groups (broad SMARTS) is 1. The van der Waals surface area contributed by atoms with E-state index in [1.807, 2.05) is 36.4 Å². The molecule has 2 amide bonds. The number of carbonyl (C=O) groups is 3. The molecule has 0 aromatic heterocycles. The van der Waals surface area contributed by atoms with Gasteiger partial charge in [0.15, 0.2) is 0 Å². The number of aliphatic carboxylic acids is 1. The van der Waals surface area contributed by atoms with Crippen molar-refractivity contribution < 1.29 is 24.2 Å². The van der Waals surface area contributed by atoms with E-state index in [0.29, 0.717) is 10.2 Å². The molecule has 0 bridgehead atoms. The molecule has 0 fully saturated rings. The van der Waals surface area contributed by atoms with Gasteiger partial charge in [-0.1, -0.05) is 62.4 Å². The summed E-state index contributed by atoms with van der Waals surface area (Å²) in [7, 11) is 0. The zero-order chi connectivity index (χ0) is 25.1. The van der Waals surface area contributed by atoms with Gasteiger partial charge in [0.1, 0.15) is 12.6 Å². The Morgan fingerprint density at radius 1 is 0.971 bits per heavy atom. The third-order valence-electron chi connectivity index (χ3n) is 6.02. The monoisotopic (exact) mass is 536 g/mol. The van der Waals surface area contributed by atoms with Crippen LogP contribution in [-0.2, 0) is 9.53 Å². The molecule has 0 radical (unpaired) electrons. The number of hydrogen-bond donors (Lipinski definition) is 3. The molecular weight excluding hydrogens is 512 g/mol. The topological polar surface area (TPSA) is 105 Å². The van der Waals surface area contributed by atoms with Crippen molar-refractivity contribution in [2.24, 2.45) is 5.92 Å². The Bertz CT molecular complexity index is 1240. The van der Waals surface area contributed by atoms with E-state index in [1.54, 1.807) is 26.0 Å². The molecule has 0 aliphatic heterocycles. The lowest BCUT2D eigenvalue weighted by atomic mass is 9.98. The van der Waals surface area contributed by atoms with Gasteiger partial charge in [-0.25, -0.2) is 9.59 Å². The minimum atomic E-state index is -1.11. The van der Waals surface area contributed by atoms with Crippen molar-refractivity contribution >= 4 is 39.6 Å². The lowest BCUT2D eigenvalue weighted by Gasteiger charge is -2.19. The van der Waals surface area contributed by atoms with Crippen molar-refractivity contribution in [1.29, 1.82) is 0 Å². The third-order valence-corrected chi connectivity index (χ3v) is 6.71. The van der Waals surface area contributed by atoms with Crippen molar-refractivity contribution in [2.75, 3.05) is 11.9 Å². The summed E-state index contributed by atoms with van der Waals surface area (Å²) in [6.45, 7) is 3.59. The summed E-state index contributed by atoms with van der Waals surface area (Å²) in [5.74, 6) is -2.03. The average Bonchev–Trinajstić information content (AvgIpc) is 3.15. The maximum absolute atomic E-state index is 12.7. The zero-order valence-corrected chi connectivity index (χ0v) is 20.8. The number of benzene rings is 3. The number of carbonyl (C=O) groups excluding carboxylic acids is 2. The van der Waals surface area contributed by atoms with E-state index < -0.39 is 24.0 Å². The van der Waals surface area contributed by atoms with Crippen molar-refractivity contribution in [3.8, 4) is 11.1 Å². The van der Waals surface area contributed by atoms with Crippen molar-refractivity contribution in [3.05, 3.63) is 87.9 Å². The number of hydrogen-bond acceptors (Lipinski definition) is 4. The summed E-state index contributed by atoms with van der Waals surface area (Å²) in [4.78, 5) is 36.7. The number of rotatable bonds is 7. The second kappa shape index (κ2) is 10.3. The fourth-order valence-electron chi connectivity index (χ4n) is 4.26. The van der Waals surface area contributed by atoms with E-state index in [9.17, 15) is 19.5 Å². The Labute approximate surface area is 211 Å². The van der Waals surface area contributed by atoms with Gasteiger partial charge in [0.2, 0.25) is 0 Å². The first-order valence-electron chi connectivity index (χ1n) is 11.2. The Kier molecular flexibility index (Phi) is 7.21. The fourth-order valence-corrected chi connectivity index (χ4v) is 4.69. The molecule has 0 unspecified atom stereocenters. The lowest BCUT2D eigenvalue weighted by molar-refractivity contribution is -0.140. The molecule has 35 heavy (non-hydrogen) atoms. The molecule has 0 saturated carbocycles. The number of nitrogens with one attached hydrogen (secondary N) is 2. The Balaban J connectivity index is 1.44. The molecule has 1 aliphatic carbocycles. The summed E-state index contributed by atoms with van der Waals surface area (Å²) in [6, 6.07) is 19.8. The van der Waals surface area contributed by atoms with Gasteiger partial charge in [0.05, 0.1) is 5.56 Å². The van der Waals surface area contributed by atoms with Crippen molar-refractivity contribution in [1.82, 2.24) is 5.32 Å². The number of carboxylic acids is 1. The van der Waals surface area contributed by atoms with Gasteiger partial charge in [-0.05, 0) is 62.3 Å². The van der Waals surface area contributed by atoms with Gasteiger partial charge in [0, 0.05) is 16.1 Å². The van der Waals surface area contributed by atoms with E-state index in [1.165, 1.54) is 6.07 Å². The van der Waals surface area contributed by atoms with Crippen LogP contribution in [0.2, 0.25) is 0 Å². The van der Waals surface area contributed by atoms with Crippen LogP contribution in [0.15, 0.2) is 71.2 Å². The molecule has 4 rings (SSSR count). The predicted octanol–water partition coefficient (Wildman–Crippen LogP) is 5.65. The van der Waals surface area contributed by atoms with E-state index in [4.69, 9.17) is 4.74 Å². The molecule has 0 saturated heterocycles. The van der Waals surface area contributed by atoms with Crippen LogP contribution in [0.5, 0.6) is 0 Å². The van der Waals surface area contributed by atoms with Crippen LogP contribution in [0.4, 0.5) is 10.5 Å². The van der Waals surface area contributed by atoms with E-state index in [2.05, 4.69) is 38.7 Å². The molecule has 3 aromatic rings. The van der Waals surface area contributed by atoms with Crippen LogP contribution in [0.25, 0.3) is 11.1 Å². The molecule has 180 valence electrons. The molecule has 7 nitrogen and oxygen atoms in total. The Morgan fingerprint density at radius 2 is 1.57 bits per heavy atom. The standard InChI is InChI=1S/C27H25BrN2O5/c1-15(2)24(26(32)33)30-25(31)21-13-16(11-12-23(21)28)29-27(34)35-14-22-19-9-5-3-7-17(19)18-8-4-6-10-20(18)22/h3-13,15,22,24H,14H2,1-2H3,(H,29,34)(H,30,31)(H,32,33)/t24-/m1/s1. The van der Waals surface area contributed by atoms with Crippen LogP contribution >= 0.6 is 15.9 Å². The summed E-state index contributed by atoms with van der Waals surface area (Å²) < 4.78 is 6.03. The molecule has 0 spiro atoms. The summed E-state index contributed by atoms with van der Waals surface area (Å²) in [5.41, 5.74) is 5.06. The largest absolute Gasteiger partial charge is 0.480 e. The first-order valence-corrected chi connectivity index (χ1v) is 12.0. The number of ether oxygens (including phenoxy) is 1. The van der Waals surface area contributed by atoms with Crippen molar-refractivity contribution in [3.63, 3.8) is 0 Å². The number of fused-ring (bicyclic) bond motifs is 3. The normalized spacial score (nSPS) is 13.0. The first kappa shape index (κ1) is 24.5. The average molecular weight is 537 g/mol. The molecular formula is C27H25BrN2O5. The highest BCUT2D eigenvalue weighted by atomic mass is 79.9. The van der Waals surface area contributed by atoms with Crippen molar-refractivity contribution in [2.45, 2.75) is 25.8 Å². The molecule has 0 heterocycles. The van der Waals surface area contributed by atoms with Gasteiger partial charge < -0.3 is 15.2 Å². The SMILES string of the molecule is CC(C)[C@@H](NC(=O)c1cc(NC(=O)OCC2c3ccccc3-c3ccccc32)ccc1Br)C(=O)O. The van der Waals surface area contributed by atoms with Crippen LogP contribution in [0, 0.1) is 5.92 Å². The number of anilines is 1. The quantitative estimate of drug-likeness (QED) is 0.362. The Hall–Kier alpha value is -3.65. The zero-order valence-electron chi connectivity index (χ0n) is 19.2. The highest BCUT2D eigenvalue weighted by Crippen LogP contribution is 2.44. The highest BCUT2D eigenvalue weighted by molar-refractivity contribution is 9.10. The third kappa shape index (κ3) is 5.22. The predicted molar refractivity (Wildman–Crippen MR) is 137 cm³/mol. The number of halogens is 1. The molecule has 8 heteroatoms. The van der Waals surface area contributed by atoms with Crippen LogP contribution in [-0.4, -0.2) is 35.7 Å². The fraction of sp³-hybridized carbons (Fsp3) is 0.222. The van der Waals surface area contributed by atoms with Gasteiger partial charge in [-0.2, -0.15) is 0 Å². The van der Waals surface area contributed by atoms with Gasteiger partial charge in [-0.15, -0.1) is 0 Å². The maximum atomic E-state index is 12.7. The molecule has 1 atom stereocenters. The second-order valence-electron chi connectivity index (χ2n) is 8.68. The smallest absolute Gasteiger partial charge is 0.411 e. The molecule has 1 aliphatic rings. The highest BCUT2D eigenvalue weighted by Gasteiger charge is 2.29. The minimum absolute atomic E-state index is 0.0663. The summed E-state index contributed by atoms with van der Waals surface area (Å²) >= 11 is 3.32. The van der Waals surface area contributed by atoms with E-state index >= 15 is 0 Å². The molecule has 3 N–H and O–H groups in total. The number of amides is 2. The lowest BCUT2D eigenvalue weighted by Crippen LogP contribution is -2.44. The van der Waals surface area contributed by atoms with Gasteiger partial charge in [0.25, 0.3) is 5.91 Å². The Morgan fingerprint density at radius 3 is 2.14 bits per heavy atom. The van der Waals surface area contributed by atoms with Crippen LogP contribution in [0.3, 0.4) is 0 Å². The van der Waals surface area contributed by atoms with E-state index in [-0.39, 0.29) is 24.0 Å².